The zero-order valence-corrected chi connectivity index (χ0v) is 15.1. The smallest absolute Gasteiger partial charge is 0.329 e. The van der Waals surface area contributed by atoms with E-state index >= 15 is 0 Å². The van der Waals surface area contributed by atoms with Gasteiger partial charge in [0, 0.05) is 13.0 Å². The highest BCUT2D eigenvalue weighted by molar-refractivity contribution is 5.76. The summed E-state index contributed by atoms with van der Waals surface area (Å²) in [6.07, 6.45) is -3.16. The molecule has 0 bridgehead atoms. The number of amides is 1. The Morgan fingerprint density at radius 3 is 2.07 bits per heavy atom. The van der Waals surface area contributed by atoms with E-state index in [-0.39, 0.29) is 13.0 Å². The summed E-state index contributed by atoms with van der Waals surface area (Å²) in [7, 11) is 0. The van der Waals surface area contributed by atoms with E-state index in [2.05, 4.69) is 0 Å². The van der Waals surface area contributed by atoms with E-state index < -0.39 is 18.6 Å². The van der Waals surface area contributed by atoms with Crippen LogP contribution in [0.1, 0.15) is 35.6 Å². The fraction of sp³-hybridized carbons (Fsp3) is 0.333. The molecule has 0 unspecified atom stereocenters. The molecule has 0 saturated heterocycles. The van der Waals surface area contributed by atoms with Crippen molar-refractivity contribution in [2.75, 3.05) is 6.54 Å². The van der Waals surface area contributed by atoms with Crippen LogP contribution in [0.2, 0.25) is 0 Å². The first-order valence-electron chi connectivity index (χ1n) is 8.72. The zero-order chi connectivity index (χ0) is 19.9. The van der Waals surface area contributed by atoms with Gasteiger partial charge in [0.2, 0.25) is 5.91 Å². The predicted octanol–water partition coefficient (Wildman–Crippen LogP) is 4.64. The van der Waals surface area contributed by atoms with E-state index in [0.29, 0.717) is 17.5 Å². The maximum Gasteiger partial charge on any atom is 0.406 e. The number of hydrogen-bond donors (Lipinski definition) is 0. The van der Waals surface area contributed by atoms with Gasteiger partial charge in [-0.3, -0.25) is 4.79 Å². The molecule has 2 aromatic rings. The molecule has 3 nitrogen and oxygen atoms in total. The third-order valence-corrected chi connectivity index (χ3v) is 4.24. The molecule has 6 heteroatoms. The molecule has 0 aliphatic heterocycles. The van der Waals surface area contributed by atoms with Crippen molar-refractivity contribution in [1.29, 1.82) is 5.26 Å². The summed E-state index contributed by atoms with van der Waals surface area (Å²) in [5, 5.41) is 8.80. The minimum atomic E-state index is -4.47. The van der Waals surface area contributed by atoms with Gasteiger partial charge in [-0.25, -0.2) is 0 Å². The molecule has 0 N–H and O–H groups in total. The molecular weight excluding hydrogens is 353 g/mol. The van der Waals surface area contributed by atoms with Crippen molar-refractivity contribution in [3.05, 3.63) is 70.8 Å². The first-order chi connectivity index (χ1) is 12.8. The van der Waals surface area contributed by atoms with Crippen LogP contribution in [0.5, 0.6) is 0 Å². The minimum Gasteiger partial charge on any atom is -0.329 e. The van der Waals surface area contributed by atoms with Gasteiger partial charge >= 0.3 is 6.18 Å². The Morgan fingerprint density at radius 2 is 1.56 bits per heavy atom. The Kier molecular flexibility index (Phi) is 7.00. The van der Waals surface area contributed by atoms with Crippen LogP contribution in [-0.2, 0) is 24.2 Å². The second-order valence-corrected chi connectivity index (χ2v) is 6.34. The molecule has 0 aliphatic carbocycles. The van der Waals surface area contributed by atoms with Crippen molar-refractivity contribution >= 4 is 5.91 Å². The lowest BCUT2D eigenvalue weighted by Gasteiger charge is -2.24. The van der Waals surface area contributed by atoms with E-state index in [1.807, 2.05) is 37.3 Å². The molecule has 0 atom stereocenters. The Hall–Kier alpha value is -2.81. The molecule has 0 heterocycles. The van der Waals surface area contributed by atoms with Crippen molar-refractivity contribution < 1.29 is 18.0 Å². The Bertz CT molecular complexity index is 790. The second kappa shape index (κ2) is 9.22. The number of nitriles is 1. The van der Waals surface area contributed by atoms with Crippen LogP contribution in [0.15, 0.2) is 48.5 Å². The van der Waals surface area contributed by atoms with Gasteiger partial charge in [-0.2, -0.15) is 18.4 Å². The number of halogens is 3. The number of rotatable bonds is 7. The highest BCUT2D eigenvalue weighted by Gasteiger charge is 2.32. The van der Waals surface area contributed by atoms with Gasteiger partial charge in [0.1, 0.15) is 6.54 Å². The molecule has 0 fully saturated rings. The van der Waals surface area contributed by atoms with Gasteiger partial charge in [-0.05, 0) is 41.7 Å². The second-order valence-electron chi connectivity index (χ2n) is 6.34. The lowest BCUT2D eigenvalue weighted by atomic mass is 10.1. The van der Waals surface area contributed by atoms with Gasteiger partial charge in [-0.1, -0.05) is 43.3 Å². The number of carbonyl (C=O) groups excluding carboxylic acids is 1. The third-order valence-electron chi connectivity index (χ3n) is 4.24. The van der Waals surface area contributed by atoms with Crippen LogP contribution in [0.4, 0.5) is 13.2 Å². The molecule has 2 aromatic carbocycles. The van der Waals surface area contributed by atoms with E-state index in [0.717, 1.165) is 16.9 Å². The summed E-state index contributed by atoms with van der Waals surface area (Å²) >= 11 is 0. The summed E-state index contributed by atoms with van der Waals surface area (Å²) in [5.74, 6) is -0.545. The SMILES string of the molecule is CCc1ccc(CCC(=O)N(Cc2ccc(C#N)cc2)CC(F)(F)F)cc1. The number of hydrogen-bond acceptors (Lipinski definition) is 2. The summed E-state index contributed by atoms with van der Waals surface area (Å²) < 4.78 is 38.7. The van der Waals surface area contributed by atoms with Crippen molar-refractivity contribution in [2.24, 2.45) is 0 Å². The highest BCUT2D eigenvalue weighted by atomic mass is 19.4. The molecular formula is C21H21F3N2O. The van der Waals surface area contributed by atoms with E-state index in [9.17, 15) is 18.0 Å². The third kappa shape index (κ3) is 6.78. The monoisotopic (exact) mass is 374 g/mol. The van der Waals surface area contributed by atoms with Gasteiger partial charge in [0.15, 0.2) is 0 Å². The standard InChI is InChI=1S/C21H21F3N2O/c1-2-16-3-5-17(6-4-16)11-12-20(27)26(15-21(22,23)24)14-19-9-7-18(13-25)8-10-19/h3-10H,2,11-12,14-15H2,1H3. The van der Waals surface area contributed by atoms with Crippen LogP contribution in [-0.4, -0.2) is 23.5 Å². The predicted molar refractivity (Wildman–Crippen MR) is 96.8 cm³/mol. The maximum absolute atomic E-state index is 12.9. The minimum absolute atomic E-state index is 0.0117. The molecule has 0 radical (unpaired) electrons. The Balaban J connectivity index is 2.04. The zero-order valence-electron chi connectivity index (χ0n) is 15.1. The first kappa shape index (κ1) is 20.5. The average Bonchev–Trinajstić information content (AvgIpc) is 2.65. The molecule has 0 spiro atoms. The average molecular weight is 374 g/mol. The largest absolute Gasteiger partial charge is 0.406 e. The molecule has 1 amide bonds. The van der Waals surface area contributed by atoms with Gasteiger partial charge in [0.25, 0.3) is 0 Å². The molecule has 0 aromatic heterocycles. The number of aryl methyl sites for hydroxylation is 2. The van der Waals surface area contributed by atoms with Crippen LogP contribution in [0.25, 0.3) is 0 Å². The van der Waals surface area contributed by atoms with Gasteiger partial charge in [-0.15, -0.1) is 0 Å². The summed E-state index contributed by atoms with van der Waals surface area (Å²) in [6.45, 7) is 0.607. The van der Waals surface area contributed by atoms with Crippen molar-refractivity contribution in [1.82, 2.24) is 4.90 Å². The molecule has 0 aliphatic rings. The van der Waals surface area contributed by atoms with E-state index in [1.54, 1.807) is 12.1 Å². The topological polar surface area (TPSA) is 44.1 Å². The molecule has 2 rings (SSSR count). The van der Waals surface area contributed by atoms with Crippen LogP contribution < -0.4 is 0 Å². The van der Waals surface area contributed by atoms with Crippen LogP contribution >= 0.6 is 0 Å². The lowest BCUT2D eigenvalue weighted by Crippen LogP contribution is -2.38. The van der Waals surface area contributed by atoms with E-state index in [4.69, 9.17) is 5.26 Å². The maximum atomic E-state index is 12.9. The summed E-state index contributed by atoms with van der Waals surface area (Å²) in [6, 6.07) is 15.9. The first-order valence-corrected chi connectivity index (χ1v) is 8.72. The van der Waals surface area contributed by atoms with Crippen molar-refractivity contribution in [3.63, 3.8) is 0 Å². The van der Waals surface area contributed by atoms with Gasteiger partial charge in [0.05, 0.1) is 11.6 Å². The summed E-state index contributed by atoms with van der Waals surface area (Å²) in [4.78, 5) is 13.2. The quantitative estimate of drug-likeness (QED) is 0.708. The fourth-order valence-corrected chi connectivity index (χ4v) is 2.70. The Labute approximate surface area is 157 Å². The Morgan fingerprint density at radius 1 is 1.00 bits per heavy atom. The van der Waals surface area contributed by atoms with E-state index in [1.165, 1.54) is 17.7 Å². The van der Waals surface area contributed by atoms with Crippen molar-refractivity contribution in [3.8, 4) is 6.07 Å². The molecule has 27 heavy (non-hydrogen) atoms. The summed E-state index contributed by atoms with van der Waals surface area (Å²) in [5.41, 5.74) is 3.07. The van der Waals surface area contributed by atoms with Crippen LogP contribution in [0, 0.1) is 11.3 Å². The number of nitrogens with zero attached hydrogens (tertiary/aromatic N) is 2. The van der Waals surface area contributed by atoms with Crippen LogP contribution in [0.3, 0.4) is 0 Å². The fourth-order valence-electron chi connectivity index (χ4n) is 2.70. The lowest BCUT2D eigenvalue weighted by molar-refractivity contribution is -0.162. The normalized spacial score (nSPS) is 11.1. The van der Waals surface area contributed by atoms with Crippen molar-refractivity contribution in [2.45, 2.75) is 38.9 Å². The number of benzene rings is 2. The molecule has 0 saturated carbocycles. The highest BCUT2D eigenvalue weighted by Crippen LogP contribution is 2.20. The number of alkyl halides is 3. The number of carbonyl (C=O) groups is 1. The molecule has 142 valence electrons. The van der Waals surface area contributed by atoms with Gasteiger partial charge < -0.3 is 4.90 Å².